The number of carbonyl (C=O) groups excluding carboxylic acids is 2. The fourth-order valence-corrected chi connectivity index (χ4v) is 3.98. The van der Waals surface area contributed by atoms with E-state index in [2.05, 4.69) is 15.3 Å². The second-order valence-corrected chi connectivity index (χ2v) is 7.00. The van der Waals surface area contributed by atoms with Gasteiger partial charge in [0, 0.05) is 34.4 Å². The summed E-state index contributed by atoms with van der Waals surface area (Å²) in [4.78, 5) is 34.8. The maximum absolute atomic E-state index is 13.1. The summed E-state index contributed by atoms with van der Waals surface area (Å²) in [6.07, 6.45) is 5.15. The smallest absolute Gasteiger partial charge is 0.255 e. The minimum atomic E-state index is -0.325. The molecule has 0 saturated carbocycles. The Morgan fingerprint density at radius 1 is 1.03 bits per heavy atom. The molecule has 1 aliphatic heterocycles. The van der Waals surface area contributed by atoms with Crippen LogP contribution in [0.4, 0.5) is 5.69 Å². The van der Waals surface area contributed by atoms with Gasteiger partial charge >= 0.3 is 0 Å². The van der Waals surface area contributed by atoms with Crippen molar-refractivity contribution in [2.75, 3.05) is 11.9 Å². The molecular formula is C23H18N4O2. The van der Waals surface area contributed by atoms with E-state index in [9.17, 15) is 9.59 Å². The highest BCUT2D eigenvalue weighted by Gasteiger charge is 2.39. The number of H-pyrrole nitrogens is 1. The van der Waals surface area contributed by atoms with Crippen LogP contribution >= 0.6 is 0 Å². The van der Waals surface area contributed by atoms with Crippen LogP contribution in [0.3, 0.4) is 0 Å². The molecule has 6 nitrogen and oxygen atoms in total. The van der Waals surface area contributed by atoms with E-state index in [1.807, 2.05) is 54.7 Å². The zero-order valence-electron chi connectivity index (χ0n) is 15.5. The molecule has 29 heavy (non-hydrogen) atoms. The van der Waals surface area contributed by atoms with Crippen molar-refractivity contribution in [1.82, 2.24) is 14.9 Å². The van der Waals surface area contributed by atoms with Crippen molar-refractivity contribution < 1.29 is 9.59 Å². The lowest BCUT2D eigenvalue weighted by Crippen LogP contribution is -2.36. The third-order valence-corrected chi connectivity index (χ3v) is 5.23. The molecule has 0 saturated heterocycles. The van der Waals surface area contributed by atoms with Crippen LogP contribution < -0.4 is 5.32 Å². The highest BCUT2D eigenvalue weighted by Crippen LogP contribution is 2.40. The number of nitrogens with one attached hydrogen (secondary N) is 2. The standard InChI is InChI=1S/C23H18N4O2/c28-21(26-15-6-5-11-24-12-15)14-27-22(17-8-1-2-9-18(17)23(27)29)19-13-25-20-10-4-3-7-16(19)20/h1-13,22,25H,14H2,(H,26,28). The Hall–Kier alpha value is -3.93. The molecular weight excluding hydrogens is 364 g/mol. The highest BCUT2D eigenvalue weighted by atomic mass is 16.2. The molecule has 0 radical (unpaired) electrons. The van der Waals surface area contributed by atoms with Gasteiger partial charge in [-0.3, -0.25) is 14.6 Å². The van der Waals surface area contributed by atoms with Crippen LogP contribution in [0, 0.1) is 0 Å². The summed E-state index contributed by atoms with van der Waals surface area (Å²) in [6.45, 7) is -0.0490. The molecule has 1 atom stereocenters. The Balaban J connectivity index is 1.53. The molecule has 2 amide bonds. The zero-order valence-corrected chi connectivity index (χ0v) is 15.5. The van der Waals surface area contributed by atoms with E-state index in [0.29, 0.717) is 11.3 Å². The Morgan fingerprint density at radius 2 is 1.86 bits per heavy atom. The largest absolute Gasteiger partial charge is 0.361 e. The number of para-hydroxylation sites is 1. The molecule has 0 spiro atoms. The van der Waals surface area contributed by atoms with Crippen molar-refractivity contribution in [2.45, 2.75) is 6.04 Å². The van der Waals surface area contributed by atoms with E-state index < -0.39 is 0 Å². The van der Waals surface area contributed by atoms with Gasteiger partial charge in [-0.25, -0.2) is 0 Å². The lowest BCUT2D eigenvalue weighted by atomic mass is 9.97. The Labute approximate surface area is 167 Å². The number of rotatable bonds is 4. The number of anilines is 1. The normalized spacial score (nSPS) is 15.5. The van der Waals surface area contributed by atoms with Crippen molar-refractivity contribution in [3.63, 3.8) is 0 Å². The molecule has 5 rings (SSSR count). The fourth-order valence-electron chi connectivity index (χ4n) is 3.98. The number of aromatic amines is 1. The monoisotopic (exact) mass is 382 g/mol. The molecule has 2 aromatic heterocycles. The summed E-state index contributed by atoms with van der Waals surface area (Å²) in [7, 11) is 0. The van der Waals surface area contributed by atoms with Gasteiger partial charge in [-0.15, -0.1) is 0 Å². The molecule has 142 valence electrons. The quantitative estimate of drug-likeness (QED) is 0.564. The van der Waals surface area contributed by atoms with Crippen LogP contribution in [-0.4, -0.2) is 33.2 Å². The summed E-state index contributed by atoms with van der Waals surface area (Å²) in [6, 6.07) is 18.7. The summed E-state index contributed by atoms with van der Waals surface area (Å²) in [5.74, 6) is -0.402. The average molecular weight is 382 g/mol. The predicted octanol–water partition coefficient (Wildman–Crippen LogP) is 3.75. The van der Waals surface area contributed by atoms with Crippen molar-refractivity contribution >= 4 is 28.4 Å². The van der Waals surface area contributed by atoms with Gasteiger partial charge in [0.1, 0.15) is 6.54 Å². The zero-order chi connectivity index (χ0) is 19.8. The Bertz CT molecular complexity index is 1220. The lowest BCUT2D eigenvalue weighted by Gasteiger charge is -2.25. The number of nitrogens with zero attached hydrogens (tertiary/aromatic N) is 2. The summed E-state index contributed by atoms with van der Waals surface area (Å²) in [5, 5.41) is 3.86. The molecule has 0 bridgehead atoms. The predicted molar refractivity (Wildman–Crippen MR) is 110 cm³/mol. The molecule has 6 heteroatoms. The first kappa shape index (κ1) is 17.2. The maximum Gasteiger partial charge on any atom is 0.255 e. The Morgan fingerprint density at radius 3 is 2.72 bits per heavy atom. The molecule has 2 aromatic carbocycles. The van der Waals surface area contributed by atoms with E-state index in [1.165, 1.54) is 0 Å². The SMILES string of the molecule is O=C(CN1C(=O)c2ccccc2C1c1c[nH]c2ccccc12)Nc1cccnc1. The third-order valence-electron chi connectivity index (χ3n) is 5.23. The first-order chi connectivity index (χ1) is 14.2. The molecule has 0 aliphatic carbocycles. The van der Waals surface area contributed by atoms with Gasteiger partial charge in [-0.05, 0) is 29.8 Å². The fraction of sp³-hybridized carbons (Fsp3) is 0.0870. The number of aromatic nitrogens is 2. The molecule has 3 heterocycles. The highest BCUT2D eigenvalue weighted by molar-refractivity contribution is 6.04. The lowest BCUT2D eigenvalue weighted by molar-refractivity contribution is -0.117. The van der Waals surface area contributed by atoms with Crippen LogP contribution in [0.25, 0.3) is 10.9 Å². The number of amides is 2. The third kappa shape index (κ3) is 2.95. The van der Waals surface area contributed by atoms with E-state index >= 15 is 0 Å². The maximum atomic E-state index is 13.1. The first-order valence-corrected chi connectivity index (χ1v) is 9.38. The van der Waals surface area contributed by atoms with E-state index in [4.69, 9.17) is 0 Å². The number of fused-ring (bicyclic) bond motifs is 2. The molecule has 4 aromatic rings. The summed E-state index contributed by atoms with van der Waals surface area (Å²) in [5.41, 5.74) is 4.13. The summed E-state index contributed by atoms with van der Waals surface area (Å²) < 4.78 is 0. The topological polar surface area (TPSA) is 78.1 Å². The van der Waals surface area contributed by atoms with Gasteiger partial charge in [0.2, 0.25) is 5.91 Å². The van der Waals surface area contributed by atoms with E-state index in [1.54, 1.807) is 29.4 Å². The number of pyridine rings is 1. The number of hydrogen-bond acceptors (Lipinski definition) is 3. The average Bonchev–Trinajstić information content (AvgIpc) is 3.28. The van der Waals surface area contributed by atoms with Crippen molar-refractivity contribution in [2.24, 2.45) is 0 Å². The minimum absolute atomic E-state index is 0.0490. The van der Waals surface area contributed by atoms with E-state index in [0.717, 1.165) is 22.0 Å². The Kier molecular flexibility index (Phi) is 4.09. The van der Waals surface area contributed by atoms with Gasteiger partial charge in [-0.1, -0.05) is 36.4 Å². The second-order valence-electron chi connectivity index (χ2n) is 7.00. The molecule has 2 N–H and O–H groups in total. The molecule has 1 unspecified atom stereocenters. The second kappa shape index (κ2) is 6.91. The van der Waals surface area contributed by atoms with Gasteiger partial charge in [-0.2, -0.15) is 0 Å². The van der Waals surface area contributed by atoms with Crippen LogP contribution in [0.5, 0.6) is 0 Å². The van der Waals surface area contributed by atoms with Crippen LogP contribution in [0.2, 0.25) is 0 Å². The van der Waals surface area contributed by atoms with Crippen molar-refractivity contribution in [3.05, 3.63) is 95.9 Å². The van der Waals surface area contributed by atoms with Gasteiger partial charge in [0.25, 0.3) is 5.91 Å². The van der Waals surface area contributed by atoms with Crippen LogP contribution in [0.1, 0.15) is 27.5 Å². The van der Waals surface area contributed by atoms with Crippen molar-refractivity contribution in [1.29, 1.82) is 0 Å². The van der Waals surface area contributed by atoms with Crippen LogP contribution in [-0.2, 0) is 4.79 Å². The molecule has 0 fully saturated rings. The number of benzene rings is 2. The number of carbonyl (C=O) groups is 2. The van der Waals surface area contributed by atoms with Crippen LogP contribution in [0.15, 0.2) is 79.3 Å². The van der Waals surface area contributed by atoms with E-state index in [-0.39, 0.29) is 24.4 Å². The first-order valence-electron chi connectivity index (χ1n) is 9.38. The number of hydrogen-bond donors (Lipinski definition) is 2. The van der Waals surface area contributed by atoms with Gasteiger partial charge in [0.05, 0.1) is 17.9 Å². The minimum Gasteiger partial charge on any atom is -0.361 e. The van der Waals surface area contributed by atoms with Crippen molar-refractivity contribution in [3.8, 4) is 0 Å². The van der Waals surface area contributed by atoms with Gasteiger partial charge in [0.15, 0.2) is 0 Å². The van der Waals surface area contributed by atoms with Gasteiger partial charge < -0.3 is 15.2 Å². The molecule has 1 aliphatic rings. The summed E-state index contributed by atoms with van der Waals surface area (Å²) >= 11 is 0.